The molecule has 0 saturated carbocycles. The molecule has 0 fully saturated rings. The summed E-state index contributed by atoms with van der Waals surface area (Å²) in [7, 11) is 1.60. The Morgan fingerprint density at radius 2 is 2.26 bits per heavy atom. The number of nitrogens with one attached hydrogen (secondary N) is 1. The molecule has 2 aromatic rings. The number of fused-ring (bicyclic) bond motifs is 1. The highest BCUT2D eigenvalue weighted by Crippen LogP contribution is 2.24. The molecule has 0 atom stereocenters. The number of hydrogen-bond acceptors (Lipinski definition) is 4. The average molecular weight is 314 g/mol. The zero-order chi connectivity index (χ0) is 16.1. The number of carbonyl (C=O) groups is 1. The lowest BCUT2D eigenvalue weighted by Crippen LogP contribution is -2.30. The zero-order valence-electron chi connectivity index (χ0n) is 13.4. The number of methoxy groups -OCH3 is 1. The monoisotopic (exact) mass is 314 g/mol. The average Bonchev–Trinajstić information content (AvgIpc) is 3.05. The van der Waals surface area contributed by atoms with E-state index in [1.807, 2.05) is 12.1 Å². The van der Waals surface area contributed by atoms with E-state index in [2.05, 4.69) is 22.3 Å². The topological polar surface area (TPSA) is 54.7 Å². The lowest BCUT2D eigenvalue weighted by Gasteiger charge is -2.28. The lowest BCUT2D eigenvalue weighted by molar-refractivity contribution is -0.117. The van der Waals surface area contributed by atoms with Crippen LogP contribution in [0.4, 0.5) is 5.69 Å². The summed E-state index contributed by atoms with van der Waals surface area (Å²) < 4.78 is 10.1. The number of hydrogen-bond donors (Lipinski definition) is 1. The van der Waals surface area contributed by atoms with Crippen LogP contribution in [0.1, 0.15) is 23.1 Å². The Labute approximate surface area is 136 Å². The predicted octanol–water partition coefficient (Wildman–Crippen LogP) is 2.81. The van der Waals surface area contributed by atoms with Crippen molar-refractivity contribution in [2.75, 3.05) is 25.6 Å². The molecule has 1 aromatic heterocycles. The Hall–Kier alpha value is -2.11. The summed E-state index contributed by atoms with van der Waals surface area (Å²) in [4.78, 5) is 14.2. The summed E-state index contributed by atoms with van der Waals surface area (Å²) in [5.74, 6) is -0.0159. The Morgan fingerprint density at radius 3 is 3.04 bits per heavy atom. The van der Waals surface area contributed by atoms with Gasteiger partial charge in [-0.15, -0.1) is 0 Å². The van der Waals surface area contributed by atoms with Gasteiger partial charge in [0.25, 0.3) is 0 Å². The van der Waals surface area contributed by atoms with Gasteiger partial charge in [0, 0.05) is 38.0 Å². The van der Waals surface area contributed by atoms with Gasteiger partial charge in [-0.2, -0.15) is 0 Å². The molecule has 3 rings (SSSR count). The number of nitrogens with zero attached hydrogens (tertiary/aromatic N) is 1. The van der Waals surface area contributed by atoms with Crippen LogP contribution >= 0.6 is 0 Å². The molecule has 1 aliphatic rings. The first-order valence-corrected chi connectivity index (χ1v) is 7.88. The van der Waals surface area contributed by atoms with E-state index in [-0.39, 0.29) is 5.91 Å². The van der Waals surface area contributed by atoms with Crippen LogP contribution in [-0.4, -0.2) is 31.1 Å². The first-order valence-electron chi connectivity index (χ1n) is 7.88. The van der Waals surface area contributed by atoms with E-state index >= 15 is 0 Å². The lowest BCUT2D eigenvalue weighted by atomic mass is 9.98. The van der Waals surface area contributed by atoms with Crippen molar-refractivity contribution in [3.05, 3.63) is 53.5 Å². The van der Waals surface area contributed by atoms with Gasteiger partial charge in [-0.25, -0.2) is 0 Å². The van der Waals surface area contributed by atoms with E-state index in [0.29, 0.717) is 13.0 Å². The summed E-state index contributed by atoms with van der Waals surface area (Å²) in [6, 6.07) is 8.19. The van der Waals surface area contributed by atoms with Crippen LogP contribution in [0.2, 0.25) is 0 Å². The van der Waals surface area contributed by atoms with Crippen molar-refractivity contribution in [1.82, 2.24) is 4.90 Å². The summed E-state index contributed by atoms with van der Waals surface area (Å²) in [5, 5.41) is 2.93. The Bertz CT molecular complexity index is 652. The molecule has 5 heteroatoms. The highest BCUT2D eigenvalue weighted by atomic mass is 16.5. The van der Waals surface area contributed by atoms with Crippen LogP contribution in [0, 0.1) is 0 Å². The maximum Gasteiger partial charge on any atom is 0.226 e. The molecule has 0 bridgehead atoms. The van der Waals surface area contributed by atoms with E-state index in [1.54, 1.807) is 19.6 Å². The molecule has 1 amide bonds. The summed E-state index contributed by atoms with van der Waals surface area (Å²) in [5.41, 5.74) is 4.69. The standard InChI is InChI=1S/C18H22N2O3/c1-22-8-6-18(21)19-17-3-2-15-4-7-20(12-16(15)10-17)11-14-5-9-23-13-14/h2-3,5,9-10,13H,4,6-8,11-12H2,1H3,(H,19,21). The minimum Gasteiger partial charge on any atom is -0.472 e. The fraction of sp³-hybridized carbons (Fsp3) is 0.389. The van der Waals surface area contributed by atoms with Crippen LogP contribution in [0.25, 0.3) is 0 Å². The first kappa shape index (κ1) is 15.8. The quantitative estimate of drug-likeness (QED) is 0.891. The van der Waals surface area contributed by atoms with Gasteiger partial charge in [-0.1, -0.05) is 6.07 Å². The minimum atomic E-state index is -0.0159. The molecule has 0 saturated heterocycles. The summed E-state index contributed by atoms with van der Waals surface area (Å²) in [6.45, 7) is 3.26. The van der Waals surface area contributed by atoms with Gasteiger partial charge >= 0.3 is 0 Å². The van der Waals surface area contributed by atoms with Gasteiger partial charge in [0.15, 0.2) is 0 Å². The molecule has 1 aromatic carbocycles. The largest absolute Gasteiger partial charge is 0.472 e. The van der Waals surface area contributed by atoms with E-state index in [0.717, 1.165) is 31.7 Å². The van der Waals surface area contributed by atoms with Gasteiger partial charge in [0.05, 0.1) is 25.6 Å². The molecule has 5 nitrogen and oxygen atoms in total. The number of rotatable bonds is 6. The van der Waals surface area contributed by atoms with Gasteiger partial charge in [0.2, 0.25) is 5.91 Å². The fourth-order valence-electron chi connectivity index (χ4n) is 2.89. The maximum atomic E-state index is 11.8. The molecular weight excluding hydrogens is 292 g/mol. The van der Waals surface area contributed by atoms with E-state index < -0.39 is 0 Å². The molecule has 23 heavy (non-hydrogen) atoms. The second-order valence-electron chi connectivity index (χ2n) is 5.87. The Kier molecular flexibility index (Phi) is 5.10. The van der Waals surface area contributed by atoms with Crippen LogP contribution in [-0.2, 0) is 29.0 Å². The van der Waals surface area contributed by atoms with Crippen molar-refractivity contribution < 1.29 is 13.9 Å². The van der Waals surface area contributed by atoms with E-state index in [4.69, 9.17) is 9.15 Å². The molecule has 0 spiro atoms. The molecule has 2 heterocycles. The van der Waals surface area contributed by atoms with Crippen LogP contribution < -0.4 is 5.32 Å². The molecule has 0 radical (unpaired) electrons. The number of carbonyl (C=O) groups excluding carboxylic acids is 1. The third kappa shape index (κ3) is 4.21. The fourth-order valence-corrected chi connectivity index (χ4v) is 2.89. The summed E-state index contributed by atoms with van der Waals surface area (Å²) >= 11 is 0. The van der Waals surface area contributed by atoms with E-state index in [9.17, 15) is 4.79 Å². The van der Waals surface area contributed by atoms with Crippen molar-refractivity contribution in [2.45, 2.75) is 25.9 Å². The third-order valence-electron chi connectivity index (χ3n) is 4.10. The molecule has 1 N–H and O–H groups in total. The number of ether oxygens (including phenoxy) is 1. The van der Waals surface area contributed by atoms with E-state index in [1.165, 1.54) is 16.7 Å². The van der Waals surface area contributed by atoms with Crippen LogP contribution in [0.3, 0.4) is 0 Å². The predicted molar refractivity (Wildman–Crippen MR) is 88.1 cm³/mol. The van der Waals surface area contributed by atoms with Crippen molar-refractivity contribution in [3.63, 3.8) is 0 Å². The van der Waals surface area contributed by atoms with Gasteiger partial charge in [0.1, 0.15) is 0 Å². The third-order valence-corrected chi connectivity index (χ3v) is 4.10. The smallest absolute Gasteiger partial charge is 0.226 e. The highest BCUT2D eigenvalue weighted by Gasteiger charge is 2.17. The molecule has 0 aliphatic carbocycles. The number of benzene rings is 1. The molecule has 0 unspecified atom stereocenters. The zero-order valence-corrected chi connectivity index (χ0v) is 13.4. The minimum absolute atomic E-state index is 0.0159. The maximum absolute atomic E-state index is 11.8. The highest BCUT2D eigenvalue weighted by molar-refractivity contribution is 5.90. The molecule has 122 valence electrons. The van der Waals surface area contributed by atoms with Crippen molar-refractivity contribution in [1.29, 1.82) is 0 Å². The number of anilines is 1. The van der Waals surface area contributed by atoms with Crippen LogP contribution in [0.15, 0.2) is 41.2 Å². The van der Waals surface area contributed by atoms with Gasteiger partial charge in [-0.3, -0.25) is 9.69 Å². The Morgan fingerprint density at radius 1 is 1.35 bits per heavy atom. The van der Waals surface area contributed by atoms with Crippen molar-refractivity contribution in [3.8, 4) is 0 Å². The normalized spacial score (nSPS) is 14.5. The first-order chi connectivity index (χ1) is 11.2. The summed E-state index contributed by atoms with van der Waals surface area (Å²) in [6.07, 6.45) is 4.91. The van der Waals surface area contributed by atoms with Gasteiger partial charge < -0.3 is 14.5 Å². The molecule has 1 aliphatic heterocycles. The van der Waals surface area contributed by atoms with Crippen molar-refractivity contribution >= 4 is 11.6 Å². The molecular formula is C18H22N2O3. The number of furan rings is 1. The van der Waals surface area contributed by atoms with Crippen LogP contribution in [0.5, 0.6) is 0 Å². The second-order valence-corrected chi connectivity index (χ2v) is 5.87. The Balaban J connectivity index is 1.64. The van der Waals surface area contributed by atoms with Gasteiger partial charge in [-0.05, 0) is 35.7 Å². The van der Waals surface area contributed by atoms with Crippen molar-refractivity contribution in [2.24, 2.45) is 0 Å². The second kappa shape index (κ2) is 7.44. The SMILES string of the molecule is COCCC(=O)Nc1ccc2c(c1)CN(Cc1ccoc1)CC2. The number of amides is 1.